The summed E-state index contributed by atoms with van der Waals surface area (Å²) in [5.74, 6) is -0.174. The summed E-state index contributed by atoms with van der Waals surface area (Å²) in [6.07, 6.45) is 3.61. The zero-order chi connectivity index (χ0) is 16.2. The Morgan fingerprint density at radius 2 is 1.70 bits per heavy atom. The molecular weight excluding hydrogens is 307 g/mol. The van der Waals surface area contributed by atoms with Gasteiger partial charge >= 0.3 is 0 Å². The Hall–Kier alpha value is -2.04. The highest BCUT2D eigenvalue weighted by Crippen LogP contribution is 2.33. The second kappa shape index (κ2) is 7.02. The van der Waals surface area contributed by atoms with Gasteiger partial charge in [0.15, 0.2) is 0 Å². The van der Waals surface area contributed by atoms with Gasteiger partial charge in [0, 0.05) is 39.8 Å². The number of pyridine rings is 1. The predicted octanol–water partition coefficient (Wildman–Crippen LogP) is 5.36. The van der Waals surface area contributed by atoms with E-state index in [1.54, 1.807) is 29.8 Å². The summed E-state index contributed by atoms with van der Waals surface area (Å²) in [7, 11) is 0. The standard InChI is InChI=1S/C19H19FN2S/c1-13(15-9-11-21-12-10-15)22-14(2)18-7-8-19(23-18)16-5-3-4-6-17(16)20/h3-14,22H,1-2H3/t13-,14-/m1/s1. The van der Waals surface area contributed by atoms with Gasteiger partial charge < -0.3 is 5.32 Å². The first-order chi connectivity index (χ1) is 11.1. The highest BCUT2D eigenvalue weighted by molar-refractivity contribution is 7.15. The average molecular weight is 326 g/mol. The number of benzene rings is 1. The summed E-state index contributed by atoms with van der Waals surface area (Å²) >= 11 is 1.63. The third kappa shape index (κ3) is 3.66. The molecular formula is C19H19FN2S. The minimum Gasteiger partial charge on any atom is -0.303 e. The van der Waals surface area contributed by atoms with Crippen LogP contribution in [0.25, 0.3) is 10.4 Å². The van der Waals surface area contributed by atoms with E-state index < -0.39 is 0 Å². The maximum absolute atomic E-state index is 13.9. The van der Waals surface area contributed by atoms with Crippen molar-refractivity contribution < 1.29 is 4.39 Å². The van der Waals surface area contributed by atoms with E-state index in [1.165, 1.54) is 16.5 Å². The molecule has 2 aromatic heterocycles. The van der Waals surface area contributed by atoms with E-state index in [0.717, 1.165) is 4.88 Å². The van der Waals surface area contributed by atoms with Crippen LogP contribution in [-0.4, -0.2) is 4.98 Å². The molecule has 3 aromatic rings. The summed E-state index contributed by atoms with van der Waals surface area (Å²) in [5.41, 5.74) is 1.87. The molecule has 118 valence electrons. The lowest BCUT2D eigenvalue weighted by Gasteiger charge is -2.19. The number of halogens is 1. The lowest BCUT2D eigenvalue weighted by Crippen LogP contribution is -2.21. The van der Waals surface area contributed by atoms with Crippen molar-refractivity contribution >= 4 is 11.3 Å². The molecule has 1 aromatic carbocycles. The van der Waals surface area contributed by atoms with Gasteiger partial charge in [-0.25, -0.2) is 4.39 Å². The van der Waals surface area contributed by atoms with Gasteiger partial charge in [0.2, 0.25) is 0 Å². The summed E-state index contributed by atoms with van der Waals surface area (Å²) in [4.78, 5) is 6.21. The van der Waals surface area contributed by atoms with E-state index in [4.69, 9.17) is 0 Å². The van der Waals surface area contributed by atoms with Crippen molar-refractivity contribution in [3.63, 3.8) is 0 Å². The Morgan fingerprint density at radius 1 is 0.957 bits per heavy atom. The van der Waals surface area contributed by atoms with Gasteiger partial charge in [-0.15, -0.1) is 11.3 Å². The third-order valence-electron chi connectivity index (χ3n) is 3.90. The Kier molecular flexibility index (Phi) is 4.84. The number of rotatable bonds is 5. The highest BCUT2D eigenvalue weighted by atomic mass is 32.1. The first-order valence-electron chi connectivity index (χ1n) is 7.66. The van der Waals surface area contributed by atoms with Gasteiger partial charge in [-0.2, -0.15) is 0 Å². The minimum atomic E-state index is -0.174. The molecule has 0 fully saturated rings. The molecule has 4 heteroatoms. The van der Waals surface area contributed by atoms with Crippen molar-refractivity contribution in [2.24, 2.45) is 0 Å². The number of nitrogens with zero attached hydrogens (tertiary/aromatic N) is 1. The fraction of sp³-hybridized carbons (Fsp3) is 0.211. The molecule has 1 N–H and O–H groups in total. The third-order valence-corrected chi connectivity index (χ3v) is 5.20. The van der Waals surface area contributed by atoms with Crippen LogP contribution in [0.3, 0.4) is 0 Å². The first-order valence-corrected chi connectivity index (χ1v) is 8.47. The molecule has 0 spiro atoms. The summed E-state index contributed by atoms with van der Waals surface area (Å²) < 4.78 is 13.9. The fourth-order valence-corrected chi connectivity index (χ4v) is 3.64. The lowest BCUT2D eigenvalue weighted by molar-refractivity contribution is 0.500. The molecule has 0 saturated carbocycles. The molecule has 0 bridgehead atoms. The molecule has 0 radical (unpaired) electrons. The molecule has 2 heterocycles. The van der Waals surface area contributed by atoms with Crippen molar-refractivity contribution in [2.75, 3.05) is 0 Å². The summed E-state index contributed by atoms with van der Waals surface area (Å²) in [6.45, 7) is 4.27. The topological polar surface area (TPSA) is 24.9 Å². The van der Waals surface area contributed by atoms with E-state index in [0.29, 0.717) is 5.56 Å². The zero-order valence-electron chi connectivity index (χ0n) is 13.2. The Balaban J connectivity index is 1.74. The van der Waals surface area contributed by atoms with Crippen LogP contribution in [0.5, 0.6) is 0 Å². The normalized spacial score (nSPS) is 13.7. The second-order valence-corrected chi connectivity index (χ2v) is 6.69. The van der Waals surface area contributed by atoms with Crippen LogP contribution in [-0.2, 0) is 0 Å². The van der Waals surface area contributed by atoms with Crippen LogP contribution in [0.2, 0.25) is 0 Å². The Morgan fingerprint density at radius 3 is 2.43 bits per heavy atom. The number of nitrogens with one attached hydrogen (secondary N) is 1. The van der Waals surface area contributed by atoms with Gasteiger partial charge in [-0.1, -0.05) is 18.2 Å². The largest absolute Gasteiger partial charge is 0.303 e. The van der Waals surface area contributed by atoms with Crippen LogP contribution >= 0.6 is 11.3 Å². The quantitative estimate of drug-likeness (QED) is 0.682. The van der Waals surface area contributed by atoms with Gasteiger partial charge in [-0.3, -0.25) is 4.98 Å². The van der Waals surface area contributed by atoms with E-state index in [2.05, 4.69) is 30.2 Å². The molecule has 0 saturated heterocycles. The maximum atomic E-state index is 13.9. The smallest absolute Gasteiger partial charge is 0.131 e. The van der Waals surface area contributed by atoms with Crippen molar-refractivity contribution in [3.8, 4) is 10.4 Å². The first kappa shape index (κ1) is 15.8. The van der Waals surface area contributed by atoms with Crippen LogP contribution < -0.4 is 5.32 Å². The van der Waals surface area contributed by atoms with Crippen LogP contribution in [0.15, 0.2) is 60.9 Å². The van der Waals surface area contributed by atoms with E-state index in [-0.39, 0.29) is 17.9 Å². The van der Waals surface area contributed by atoms with E-state index in [1.807, 2.05) is 30.3 Å². The van der Waals surface area contributed by atoms with Gasteiger partial charge in [0.25, 0.3) is 0 Å². The Bertz CT molecular complexity index is 770. The minimum absolute atomic E-state index is 0.174. The SMILES string of the molecule is C[C@@H](N[C@H](C)c1ccc(-c2ccccc2F)s1)c1ccncc1. The molecule has 0 aliphatic rings. The lowest BCUT2D eigenvalue weighted by atomic mass is 10.1. The second-order valence-electron chi connectivity index (χ2n) is 5.57. The van der Waals surface area contributed by atoms with Crippen LogP contribution in [0.1, 0.15) is 36.4 Å². The average Bonchev–Trinajstić information content (AvgIpc) is 3.06. The van der Waals surface area contributed by atoms with Gasteiger partial charge in [0.1, 0.15) is 5.82 Å². The molecule has 0 aliphatic carbocycles. The molecule has 3 rings (SSSR count). The fourth-order valence-electron chi connectivity index (χ4n) is 2.60. The Labute approximate surface area is 140 Å². The number of hydrogen-bond acceptors (Lipinski definition) is 3. The van der Waals surface area contributed by atoms with Crippen molar-refractivity contribution in [1.29, 1.82) is 0 Å². The molecule has 2 nitrogen and oxygen atoms in total. The van der Waals surface area contributed by atoms with Gasteiger partial charge in [-0.05, 0) is 49.7 Å². The van der Waals surface area contributed by atoms with E-state index >= 15 is 0 Å². The number of thiophene rings is 1. The molecule has 23 heavy (non-hydrogen) atoms. The van der Waals surface area contributed by atoms with Crippen LogP contribution in [0.4, 0.5) is 4.39 Å². The van der Waals surface area contributed by atoms with Crippen LogP contribution in [0, 0.1) is 5.82 Å². The van der Waals surface area contributed by atoms with Crippen molar-refractivity contribution in [2.45, 2.75) is 25.9 Å². The summed E-state index contributed by atoms with van der Waals surface area (Å²) in [5, 5.41) is 3.58. The summed E-state index contributed by atoms with van der Waals surface area (Å²) in [6, 6.07) is 15.4. The molecule has 2 atom stereocenters. The molecule has 0 unspecified atom stereocenters. The van der Waals surface area contributed by atoms with Gasteiger partial charge in [0.05, 0.1) is 0 Å². The molecule has 0 aliphatic heterocycles. The van der Waals surface area contributed by atoms with Crippen molar-refractivity contribution in [1.82, 2.24) is 10.3 Å². The zero-order valence-corrected chi connectivity index (χ0v) is 14.0. The number of hydrogen-bond donors (Lipinski definition) is 1. The molecule has 0 amide bonds. The van der Waals surface area contributed by atoms with Crippen molar-refractivity contribution in [3.05, 3.63) is 77.2 Å². The highest BCUT2D eigenvalue weighted by Gasteiger charge is 2.14. The number of aromatic nitrogens is 1. The van der Waals surface area contributed by atoms with E-state index in [9.17, 15) is 4.39 Å². The monoisotopic (exact) mass is 326 g/mol. The maximum Gasteiger partial charge on any atom is 0.131 e. The predicted molar refractivity (Wildman–Crippen MR) is 93.9 cm³/mol.